The van der Waals surface area contributed by atoms with Crippen LogP contribution in [0.5, 0.6) is 5.75 Å². The Morgan fingerprint density at radius 3 is 2.55 bits per heavy atom. The number of fused-ring (bicyclic) bond motifs is 1. The molecule has 166 valence electrons. The van der Waals surface area contributed by atoms with Crippen molar-refractivity contribution in [3.8, 4) is 5.75 Å². The van der Waals surface area contributed by atoms with Crippen LogP contribution in [0.2, 0.25) is 0 Å². The van der Waals surface area contributed by atoms with Crippen molar-refractivity contribution in [3.63, 3.8) is 0 Å². The van der Waals surface area contributed by atoms with Gasteiger partial charge in [0.05, 0.1) is 6.61 Å². The lowest BCUT2D eigenvalue weighted by molar-refractivity contribution is -0.116. The second-order valence-corrected chi connectivity index (χ2v) is 8.67. The fourth-order valence-corrected chi connectivity index (χ4v) is 4.40. The van der Waals surface area contributed by atoms with Crippen LogP contribution in [-0.2, 0) is 17.6 Å². The summed E-state index contributed by atoms with van der Waals surface area (Å²) in [6.45, 7) is 8.37. The number of hydrogen-bond acceptors (Lipinski definition) is 4. The number of carbonyl (C=O) groups is 1. The molecule has 0 atom stereocenters. The van der Waals surface area contributed by atoms with Gasteiger partial charge in [0, 0.05) is 56.6 Å². The Labute approximate surface area is 186 Å². The van der Waals surface area contributed by atoms with Crippen molar-refractivity contribution in [2.45, 2.75) is 45.4 Å². The Hall–Kier alpha value is -2.53. The molecule has 0 saturated carbocycles. The largest absolute Gasteiger partial charge is 0.493 e. The number of hydrogen-bond donors (Lipinski definition) is 1. The normalized spacial score (nSPS) is 16.7. The maximum atomic E-state index is 11.6. The molecule has 31 heavy (non-hydrogen) atoms. The standard InChI is InChI=1S/C26H35N3O2/c1-2-3-5-21-6-10-23(11-7-21)29-17-15-28(16-18-29)14-4-19-31-24-12-8-22-9-13-26(30)27-25(22)20-24/h6-8,10-12,20H,2-5,9,13-19H2,1H3,(H,27,30). The number of unbranched alkanes of at least 4 members (excludes halogenated alkanes) is 1. The van der Waals surface area contributed by atoms with Crippen LogP contribution in [0.1, 0.15) is 43.7 Å². The number of amides is 1. The molecule has 1 amide bonds. The molecule has 2 aromatic rings. The van der Waals surface area contributed by atoms with E-state index >= 15 is 0 Å². The van der Waals surface area contributed by atoms with E-state index in [0.717, 1.165) is 57.0 Å². The van der Waals surface area contributed by atoms with Crippen LogP contribution in [0.25, 0.3) is 0 Å². The Morgan fingerprint density at radius 1 is 0.968 bits per heavy atom. The predicted octanol–water partition coefficient (Wildman–Crippen LogP) is 4.51. The summed E-state index contributed by atoms with van der Waals surface area (Å²) in [5.41, 5.74) is 4.90. The van der Waals surface area contributed by atoms with Crippen LogP contribution in [0, 0.1) is 0 Å². The highest BCUT2D eigenvalue weighted by atomic mass is 16.5. The molecule has 0 unspecified atom stereocenters. The fourth-order valence-electron chi connectivity index (χ4n) is 4.40. The quantitative estimate of drug-likeness (QED) is 0.606. The van der Waals surface area contributed by atoms with E-state index in [1.54, 1.807) is 0 Å². The minimum Gasteiger partial charge on any atom is -0.493 e. The molecule has 0 radical (unpaired) electrons. The van der Waals surface area contributed by atoms with Gasteiger partial charge < -0.3 is 15.0 Å². The first kappa shape index (κ1) is 21.7. The van der Waals surface area contributed by atoms with Gasteiger partial charge in [-0.05, 0) is 55.0 Å². The zero-order valence-electron chi connectivity index (χ0n) is 18.7. The highest BCUT2D eigenvalue weighted by Gasteiger charge is 2.17. The third-order valence-corrected chi connectivity index (χ3v) is 6.36. The minimum atomic E-state index is 0.0937. The van der Waals surface area contributed by atoms with Gasteiger partial charge in [-0.2, -0.15) is 0 Å². The second-order valence-electron chi connectivity index (χ2n) is 8.67. The van der Waals surface area contributed by atoms with Gasteiger partial charge in [0.2, 0.25) is 5.91 Å². The summed E-state index contributed by atoms with van der Waals surface area (Å²) in [6.07, 6.45) is 6.11. The highest BCUT2D eigenvalue weighted by Crippen LogP contribution is 2.27. The monoisotopic (exact) mass is 421 g/mol. The lowest BCUT2D eigenvalue weighted by Gasteiger charge is -2.36. The van der Waals surface area contributed by atoms with Crippen molar-refractivity contribution in [2.75, 3.05) is 49.5 Å². The van der Waals surface area contributed by atoms with Crippen LogP contribution in [0.3, 0.4) is 0 Å². The average Bonchev–Trinajstić information content (AvgIpc) is 2.81. The van der Waals surface area contributed by atoms with Crippen molar-refractivity contribution in [3.05, 3.63) is 53.6 Å². The number of piperazine rings is 1. The Kier molecular flexibility index (Phi) is 7.47. The third kappa shape index (κ3) is 6.01. The number of aryl methyl sites for hydroxylation is 2. The average molecular weight is 422 g/mol. The van der Waals surface area contributed by atoms with E-state index in [0.29, 0.717) is 13.0 Å². The Bertz CT molecular complexity index is 857. The lowest BCUT2D eigenvalue weighted by atomic mass is 10.0. The van der Waals surface area contributed by atoms with Gasteiger partial charge in [0.25, 0.3) is 0 Å². The van der Waals surface area contributed by atoms with Crippen LogP contribution in [0.4, 0.5) is 11.4 Å². The molecule has 2 aliphatic heterocycles. The molecule has 5 nitrogen and oxygen atoms in total. The summed E-state index contributed by atoms with van der Waals surface area (Å²) >= 11 is 0. The van der Waals surface area contributed by atoms with Gasteiger partial charge in [-0.15, -0.1) is 0 Å². The molecule has 1 saturated heterocycles. The van der Waals surface area contributed by atoms with Gasteiger partial charge in [-0.1, -0.05) is 31.5 Å². The van der Waals surface area contributed by atoms with E-state index in [-0.39, 0.29) is 5.91 Å². The predicted molar refractivity (Wildman–Crippen MR) is 127 cm³/mol. The van der Waals surface area contributed by atoms with Crippen LogP contribution >= 0.6 is 0 Å². The lowest BCUT2D eigenvalue weighted by Crippen LogP contribution is -2.46. The first-order valence-corrected chi connectivity index (χ1v) is 11.8. The number of ether oxygens (including phenoxy) is 1. The van der Waals surface area contributed by atoms with Crippen molar-refractivity contribution in [1.29, 1.82) is 0 Å². The molecule has 2 aromatic carbocycles. The van der Waals surface area contributed by atoms with E-state index in [2.05, 4.69) is 52.4 Å². The SMILES string of the molecule is CCCCc1ccc(N2CCN(CCCOc3ccc4c(c3)NC(=O)CC4)CC2)cc1. The number of nitrogens with zero attached hydrogens (tertiary/aromatic N) is 2. The number of carbonyl (C=O) groups excluding carboxylic acids is 1. The van der Waals surface area contributed by atoms with E-state index in [1.165, 1.54) is 36.1 Å². The zero-order valence-corrected chi connectivity index (χ0v) is 18.7. The van der Waals surface area contributed by atoms with E-state index < -0.39 is 0 Å². The van der Waals surface area contributed by atoms with Crippen molar-refractivity contribution < 1.29 is 9.53 Å². The van der Waals surface area contributed by atoms with E-state index in [1.807, 2.05) is 12.1 Å². The summed E-state index contributed by atoms with van der Waals surface area (Å²) in [7, 11) is 0. The third-order valence-electron chi connectivity index (χ3n) is 6.36. The molecular weight excluding hydrogens is 386 g/mol. The van der Waals surface area contributed by atoms with Gasteiger partial charge in [0.1, 0.15) is 5.75 Å². The first-order valence-electron chi connectivity index (χ1n) is 11.8. The maximum absolute atomic E-state index is 11.6. The van der Waals surface area contributed by atoms with Gasteiger partial charge in [-0.25, -0.2) is 0 Å². The molecule has 0 aliphatic carbocycles. The fraction of sp³-hybridized carbons (Fsp3) is 0.500. The van der Waals surface area contributed by atoms with Gasteiger partial charge in [0.15, 0.2) is 0 Å². The molecule has 1 fully saturated rings. The number of benzene rings is 2. The molecular formula is C26H35N3O2. The van der Waals surface area contributed by atoms with Crippen molar-refractivity contribution in [1.82, 2.24) is 4.90 Å². The molecule has 2 heterocycles. The van der Waals surface area contributed by atoms with E-state index in [9.17, 15) is 4.79 Å². The summed E-state index contributed by atoms with van der Waals surface area (Å²) < 4.78 is 5.94. The van der Waals surface area contributed by atoms with Crippen LogP contribution in [-0.4, -0.2) is 50.1 Å². The topological polar surface area (TPSA) is 44.8 Å². The minimum absolute atomic E-state index is 0.0937. The maximum Gasteiger partial charge on any atom is 0.224 e. The van der Waals surface area contributed by atoms with Gasteiger partial charge in [-0.3, -0.25) is 9.69 Å². The molecule has 0 spiro atoms. The second kappa shape index (κ2) is 10.7. The number of rotatable bonds is 9. The molecule has 5 heteroatoms. The zero-order chi connectivity index (χ0) is 21.5. The molecule has 4 rings (SSSR count). The van der Waals surface area contributed by atoms with Gasteiger partial charge >= 0.3 is 0 Å². The first-order chi connectivity index (χ1) is 15.2. The number of anilines is 2. The molecule has 1 N–H and O–H groups in total. The molecule has 0 bridgehead atoms. The molecule has 0 aromatic heterocycles. The van der Waals surface area contributed by atoms with E-state index in [4.69, 9.17) is 4.74 Å². The summed E-state index contributed by atoms with van der Waals surface area (Å²) in [6, 6.07) is 15.2. The Balaban J connectivity index is 1.16. The van der Waals surface area contributed by atoms with Crippen LogP contribution in [0.15, 0.2) is 42.5 Å². The van der Waals surface area contributed by atoms with Crippen LogP contribution < -0.4 is 15.0 Å². The van der Waals surface area contributed by atoms with Crippen molar-refractivity contribution in [2.24, 2.45) is 0 Å². The highest BCUT2D eigenvalue weighted by molar-refractivity contribution is 5.94. The summed E-state index contributed by atoms with van der Waals surface area (Å²) in [5, 5.41) is 2.94. The summed E-state index contributed by atoms with van der Waals surface area (Å²) in [4.78, 5) is 16.6. The molecule has 2 aliphatic rings. The smallest absolute Gasteiger partial charge is 0.224 e. The Morgan fingerprint density at radius 2 is 1.77 bits per heavy atom. The van der Waals surface area contributed by atoms with Crippen molar-refractivity contribution >= 4 is 17.3 Å². The summed E-state index contributed by atoms with van der Waals surface area (Å²) in [5.74, 6) is 0.935. The number of nitrogens with one attached hydrogen (secondary N) is 1.